The molecule has 5 fully saturated rings. The Morgan fingerprint density at radius 1 is 0.909 bits per heavy atom. The van der Waals surface area contributed by atoms with Gasteiger partial charge in [0.05, 0.1) is 11.9 Å². The third kappa shape index (κ3) is 6.70. The number of nitrogens with zero attached hydrogens (tertiary/aromatic N) is 2. The van der Waals surface area contributed by atoms with Crippen molar-refractivity contribution < 1.29 is 18.0 Å². The summed E-state index contributed by atoms with van der Waals surface area (Å²) in [4.78, 5) is 29.2. The first-order valence-corrected chi connectivity index (χ1v) is 18.7. The fourth-order valence-electron chi connectivity index (χ4n) is 9.32. The number of anilines is 1. The summed E-state index contributed by atoms with van der Waals surface area (Å²) in [5.41, 5.74) is 3.10. The Kier molecular flexibility index (Phi) is 9.10. The molecule has 0 aromatic heterocycles. The number of hydrogen-bond donors (Lipinski definition) is 1. The van der Waals surface area contributed by atoms with Crippen LogP contribution in [0.2, 0.25) is 0 Å². The molecule has 4 bridgehead atoms. The minimum Gasteiger partial charge on any atom is -0.352 e. The fourth-order valence-corrected chi connectivity index (χ4v) is 10.2. The van der Waals surface area contributed by atoms with E-state index in [0.717, 1.165) is 55.3 Å². The number of hydrogen-bond acceptors (Lipinski definition) is 4. The highest BCUT2D eigenvalue weighted by Gasteiger charge is 2.51. The highest BCUT2D eigenvalue weighted by Crippen LogP contribution is 2.60. The van der Waals surface area contributed by atoms with Gasteiger partial charge in [-0.2, -0.15) is 0 Å². The van der Waals surface area contributed by atoms with Crippen LogP contribution in [0, 0.1) is 17.8 Å². The van der Waals surface area contributed by atoms with Crippen LogP contribution in [0.3, 0.4) is 0 Å². The van der Waals surface area contributed by atoms with Crippen LogP contribution in [0.4, 0.5) is 5.69 Å². The lowest BCUT2D eigenvalue weighted by Gasteiger charge is -2.57. The van der Waals surface area contributed by atoms with Crippen LogP contribution in [0.1, 0.15) is 88.7 Å². The second-order valence-electron chi connectivity index (χ2n) is 14.3. The van der Waals surface area contributed by atoms with Gasteiger partial charge in [-0.3, -0.25) is 13.9 Å². The second kappa shape index (κ2) is 12.9. The van der Waals surface area contributed by atoms with Crippen molar-refractivity contribution in [1.82, 2.24) is 10.2 Å². The molecule has 5 saturated carbocycles. The molecule has 0 spiro atoms. The van der Waals surface area contributed by atoms with Crippen molar-refractivity contribution in [3.63, 3.8) is 0 Å². The number of sulfonamides is 1. The maximum absolute atomic E-state index is 14.1. The van der Waals surface area contributed by atoms with Gasteiger partial charge in [-0.15, -0.1) is 0 Å². The molecular weight excluding hydrogens is 570 g/mol. The van der Waals surface area contributed by atoms with Crippen molar-refractivity contribution in [3.8, 4) is 0 Å². The smallest absolute Gasteiger partial charge is 0.244 e. The summed E-state index contributed by atoms with van der Waals surface area (Å²) in [6, 6.07) is 17.4. The predicted molar refractivity (Wildman–Crippen MR) is 175 cm³/mol. The Balaban J connectivity index is 1.22. The zero-order chi connectivity index (χ0) is 30.9. The number of amides is 2. The molecule has 0 radical (unpaired) electrons. The lowest BCUT2D eigenvalue weighted by molar-refractivity contribution is -0.139. The van der Waals surface area contributed by atoms with Crippen molar-refractivity contribution in [2.75, 3.05) is 23.7 Å². The van der Waals surface area contributed by atoms with Gasteiger partial charge in [0, 0.05) is 12.6 Å². The average Bonchev–Trinajstić information content (AvgIpc) is 3.50. The topological polar surface area (TPSA) is 86.8 Å². The first-order valence-electron chi connectivity index (χ1n) is 16.9. The van der Waals surface area contributed by atoms with E-state index in [1.54, 1.807) is 4.90 Å². The largest absolute Gasteiger partial charge is 0.352 e. The minimum absolute atomic E-state index is 0.141. The van der Waals surface area contributed by atoms with Crippen molar-refractivity contribution in [1.29, 1.82) is 0 Å². The van der Waals surface area contributed by atoms with E-state index in [1.165, 1.54) is 48.4 Å². The summed E-state index contributed by atoms with van der Waals surface area (Å²) >= 11 is 0. The molecule has 1 N–H and O–H groups in total. The highest BCUT2D eigenvalue weighted by atomic mass is 32.2. The summed E-state index contributed by atoms with van der Waals surface area (Å²) in [6.07, 6.45) is 14.2. The summed E-state index contributed by atoms with van der Waals surface area (Å²) in [5, 5.41) is 3.17. The zero-order valence-electron chi connectivity index (χ0n) is 26.4. The molecule has 0 heterocycles. The van der Waals surface area contributed by atoms with Gasteiger partial charge in [-0.25, -0.2) is 8.42 Å². The average molecular weight is 620 g/mol. The van der Waals surface area contributed by atoms with E-state index in [0.29, 0.717) is 25.1 Å². The maximum atomic E-state index is 14.1. The molecule has 1 atom stereocenters. The van der Waals surface area contributed by atoms with Crippen LogP contribution in [-0.2, 0) is 31.4 Å². The fraction of sp³-hybridized carbons (Fsp3) is 0.611. The molecule has 238 valence electrons. The van der Waals surface area contributed by atoms with Gasteiger partial charge < -0.3 is 10.2 Å². The molecular formula is C36H49N3O4S. The van der Waals surface area contributed by atoms with E-state index in [1.807, 2.05) is 49.4 Å². The van der Waals surface area contributed by atoms with Gasteiger partial charge in [-0.05, 0) is 111 Å². The van der Waals surface area contributed by atoms with E-state index in [4.69, 9.17) is 0 Å². The van der Waals surface area contributed by atoms with Crippen LogP contribution in [0.15, 0.2) is 54.6 Å². The van der Waals surface area contributed by atoms with Crippen molar-refractivity contribution in [3.05, 3.63) is 65.7 Å². The number of carbonyl (C=O) groups excluding carboxylic acids is 2. The summed E-state index contributed by atoms with van der Waals surface area (Å²) in [6.45, 7) is 1.92. The maximum Gasteiger partial charge on any atom is 0.244 e. The lowest BCUT2D eigenvalue weighted by Crippen LogP contribution is -2.54. The summed E-state index contributed by atoms with van der Waals surface area (Å²) < 4.78 is 27.5. The van der Waals surface area contributed by atoms with Crippen LogP contribution in [-0.4, -0.2) is 56.6 Å². The van der Waals surface area contributed by atoms with Crippen molar-refractivity contribution >= 4 is 27.5 Å². The molecule has 0 unspecified atom stereocenters. The number of nitrogens with one attached hydrogen (secondary N) is 1. The number of rotatable bonds is 12. The van der Waals surface area contributed by atoms with Crippen LogP contribution in [0.25, 0.3) is 0 Å². The quantitative estimate of drug-likeness (QED) is 0.324. The Bertz CT molecular complexity index is 1380. The molecule has 2 aromatic rings. The zero-order valence-corrected chi connectivity index (χ0v) is 27.2. The Morgan fingerprint density at radius 2 is 1.50 bits per heavy atom. The highest BCUT2D eigenvalue weighted by molar-refractivity contribution is 7.92. The van der Waals surface area contributed by atoms with E-state index >= 15 is 0 Å². The van der Waals surface area contributed by atoms with Gasteiger partial charge in [0.1, 0.15) is 12.6 Å². The molecule has 2 amide bonds. The standard InChI is InChI=1S/C36H49N3O4S/c1-3-33(35(41)37-31-11-7-8-12-31)38(18-17-26-9-5-4-6-10-26)34(40)25-39(44(2,42)43)32-15-13-30(14-16-32)36-22-27-19-28(23-36)21-29(20-27)24-36/h4-6,9-10,13-16,27-29,31,33H,3,7-8,11-12,17-25H2,1-2H3,(H,37,41)/t27?,28?,29?,33-,36?/m0/s1. The Hall–Kier alpha value is -2.87. The van der Waals surface area contributed by atoms with Gasteiger partial charge in [0.2, 0.25) is 21.8 Å². The van der Waals surface area contributed by atoms with Gasteiger partial charge in [0.15, 0.2) is 0 Å². The summed E-state index contributed by atoms with van der Waals surface area (Å²) in [5.74, 6) is 1.97. The first-order chi connectivity index (χ1) is 21.1. The second-order valence-corrected chi connectivity index (χ2v) is 16.2. The summed E-state index contributed by atoms with van der Waals surface area (Å²) in [7, 11) is -3.76. The van der Waals surface area contributed by atoms with Crippen LogP contribution in [0.5, 0.6) is 0 Å². The van der Waals surface area contributed by atoms with Crippen LogP contribution >= 0.6 is 0 Å². The third-order valence-electron chi connectivity index (χ3n) is 11.1. The van der Waals surface area contributed by atoms with Gasteiger partial charge in [-0.1, -0.05) is 62.2 Å². The minimum atomic E-state index is -3.76. The molecule has 0 saturated heterocycles. The van der Waals surface area contributed by atoms with E-state index in [2.05, 4.69) is 17.4 Å². The third-order valence-corrected chi connectivity index (χ3v) is 12.2. The number of benzene rings is 2. The number of carbonyl (C=O) groups is 2. The van der Waals surface area contributed by atoms with Crippen molar-refractivity contribution in [2.24, 2.45) is 17.8 Å². The molecule has 7 nitrogen and oxygen atoms in total. The predicted octanol–water partition coefficient (Wildman–Crippen LogP) is 5.83. The molecule has 44 heavy (non-hydrogen) atoms. The van der Waals surface area contributed by atoms with Crippen molar-refractivity contribution in [2.45, 2.75) is 101 Å². The van der Waals surface area contributed by atoms with Gasteiger partial charge in [0.25, 0.3) is 0 Å². The first kappa shape index (κ1) is 31.1. The molecule has 8 heteroatoms. The van der Waals surface area contributed by atoms with E-state index < -0.39 is 16.1 Å². The molecule has 2 aromatic carbocycles. The molecule has 5 aliphatic carbocycles. The van der Waals surface area contributed by atoms with Gasteiger partial charge >= 0.3 is 0 Å². The SMILES string of the molecule is CC[C@@H](C(=O)NC1CCCC1)N(CCc1ccccc1)C(=O)CN(c1ccc(C23CC4CC(CC(C4)C2)C3)cc1)S(C)(=O)=O. The molecule has 0 aliphatic heterocycles. The Morgan fingerprint density at radius 3 is 2.05 bits per heavy atom. The Labute approximate surface area is 263 Å². The normalized spacial score (nSPS) is 26.8. The monoisotopic (exact) mass is 619 g/mol. The van der Waals surface area contributed by atoms with Crippen LogP contribution < -0.4 is 9.62 Å². The van der Waals surface area contributed by atoms with E-state index in [9.17, 15) is 18.0 Å². The molecule has 7 rings (SSSR count). The molecule has 5 aliphatic rings. The van der Waals surface area contributed by atoms with E-state index in [-0.39, 0.29) is 29.8 Å². The lowest BCUT2D eigenvalue weighted by atomic mass is 9.48.